The summed E-state index contributed by atoms with van der Waals surface area (Å²) in [6.07, 6.45) is -3.64. The van der Waals surface area contributed by atoms with Crippen LogP contribution >= 0.6 is 11.3 Å². The first-order valence-corrected chi connectivity index (χ1v) is 10.7. The zero-order chi connectivity index (χ0) is 27.6. The lowest BCUT2D eigenvalue weighted by Crippen LogP contribution is -2.35. The van der Waals surface area contributed by atoms with Crippen LogP contribution in [-0.4, -0.2) is 64.8 Å². The van der Waals surface area contributed by atoms with E-state index in [1.165, 1.54) is 23.5 Å². The lowest BCUT2D eigenvalue weighted by atomic mass is 10.2. The van der Waals surface area contributed by atoms with Crippen LogP contribution in [0.2, 0.25) is 0 Å². The van der Waals surface area contributed by atoms with E-state index in [1.807, 2.05) is 4.90 Å². The Morgan fingerprint density at radius 3 is 2.31 bits per heavy atom. The van der Waals surface area contributed by atoms with E-state index in [0.717, 1.165) is 17.4 Å². The minimum atomic E-state index is -5.08. The number of nitrogen functional groups attached to an aromatic ring is 1. The van der Waals surface area contributed by atoms with Crippen molar-refractivity contribution in [3.63, 3.8) is 0 Å². The van der Waals surface area contributed by atoms with Gasteiger partial charge in [0.25, 0.3) is 0 Å². The van der Waals surface area contributed by atoms with Gasteiger partial charge in [-0.1, -0.05) is 0 Å². The number of halogens is 5. The minimum absolute atomic E-state index is 0.198. The standard InChI is InChI=1S/C18H18FN3O4S.C2HF3O2.CH3F/c19-12-8-10(16(20)21)3-5-14(12)26-18(25)15-6-4-11(27-15)9-22-7-1-2-13(22)17(23)24;3-2(4,5)1(6)7;1-2/h3-6,8,13H,1-2,7,9H2,(H3,20,21)(H,23,24);(H,6,7);1H3/t13-;;/m0../s1. The van der Waals surface area contributed by atoms with Gasteiger partial charge >= 0.3 is 24.1 Å². The van der Waals surface area contributed by atoms with Gasteiger partial charge in [0.05, 0.1) is 7.18 Å². The molecule has 15 heteroatoms. The van der Waals surface area contributed by atoms with Crippen LogP contribution in [-0.2, 0) is 16.1 Å². The number of esters is 1. The number of ether oxygens (including phenoxy) is 1. The van der Waals surface area contributed by atoms with E-state index in [2.05, 4.69) is 0 Å². The highest BCUT2D eigenvalue weighted by atomic mass is 32.1. The highest BCUT2D eigenvalue weighted by Crippen LogP contribution is 2.26. The van der Waals surface area contributed by atoms with Crippen LogP contribution in [0.3, 0.4) is 0 Å². The lowest BCUT2D eigenvalue weighted by Gasteiger charge is -2.19. The van der Waals surface area contributed by atoms with Crippen molar-refractivity contribution < 1.29 is 51.3 Å². The molecule has 198 valence electrons. The Kier molecular flexibility index (Phi) is 11.4. The molecule has 2 heterocycles. The summed E-state index contributed by atoms with van der Waals surface area (Å²) < 4.78 is 60.3. The van der Waals surface area contributed by atoms with Crippen molar-refractivity contribution >= 4 is 35.1 Å². The molecule has 9 nitrogen and oxygen atoms in total. The van der Waals surface area contributed by atoms with Crippen LogP contribution in [0.15, 0.2) is 30.3 Å². The number of rotatable bonds is 6. The van der Waals surface area contributed by atoms with Gasteiger partial charge in [0, 0.05) is 17.0 Å². The highest BCUT2D eigenvalue weighted by Gasteiger charge is 2.38. The van der Waals surface area contributed by atoms with Gasteiger partial charge in [-0.15, -0.1) is 11.3 Å². The fraction of sp³-hybridized carbons (Fsp3) is 0.333. The molecule has 1 atom stereocenters. The summed E-state index contributed by atoms with van der Waals surface area (Å²) in [6, 6.07) is 6.50. The van der Waals surface area contributed by atoms with Gasteiger partial charge in [-0.3, -0.25) is 19.5 Å². The van der Waals surface area contributed by atoms with Crippen LogP contribution in [0.4, 0.5) is 22.0 Å². The van der Waals surface area contributed by atoms with Crippen molar-refractivity contribution in [1.29, 1.82) is 5.41 Å². The van der Waals surface area contributed by atoms with Crippen molar-refractivity contribution in [3.05, 3.63) is 51.5 Å². The lowest BCUT2D eigenvalue weighted by molar-refractivity contribution is -0.192. The molecule has 0 aliphatic carbocycles. The van der Waals surface area contributed by atoms with Crippen LogP contribution in [0.1, 0.15) is 33.0 Å². The van der Waals surface area contributed by atoms with Crippen molar-refractivity contribution in [2.75, 3.05) is 13.7 Å². The van der Waals surface area contributed by atoms with Crippen LogP contribution in [0.5, 0.6) is 5.75 Å². The molecule has 0 spiro atoms. The first-order chi connectivity index (χ1) is 16.8. The maximum atomic E-state index is 14.0. The maximum absolute atomic E-state index is 14.0. The Bertz CT molecular complexity index is 1090. The number of likely N-dealkylation sites (tertiary alicyclic amines) is 1. The van der Waals surface area contributed by atoms with Gasteiger partial charge in [0.1, 0.15) is 16.8 Å². The maximum Gasteiger partial charge on any atom is 0.490 e. The number of alkyl halides is 4. The summed E-state index contributed by atoms with van der Waals surface area (Å²) in [5.41, 5.74) is 5.49. The first-order valence-electron chi connectivity index (χ1n) is 9.89. The average Bonchev–Trinajstić information content (AvgIpc) is 3.46. The van der Waals surface area contributed by atoms with Crippen LogP contribution < -0.4 is 10.5 Å². The largest absolute Gasteiger partial charge is 0.490 e. The summed E-state index contributed by atoms with van der Waals surface area (Å²) in [4.78, 5) is 35.4. The van der Waals surface area contributed by atoms with Crippen molar-refractivity contribution in [3.8, 4) is 5.75 Å². The molecule has 2 aromatic rings. The molecule has 0 unspecified atom stereocenters. The average molecular weight is 539 g/mol. The van der Waals surface area contributed by atoms with Gasteiger partial charge in [-0.05, 0) is 49.7 Å². The van der Waals surface area contributed by atoms with Crippen molar-refractivity contribution in [1.82, 2.24) is 4.90 Å². The molecule has 1 fully saturated rings. The van der Waals surface area contributed by atoms with Gasteiger partial charge in [-0.2, -0.15) is 13.2 Å². The summed E-state index contributed by atoms with van der Waals surface area (Å²) in [6.45, 7) is 1.14. The van der Waals surface area contributed by atoms with E-state index in [-0.39, 0.29) is 17.1 Å². The summed E-state index contributed by atoms with van der Waals surface area (Å²) in [7, 11) is 0.500. The molecule has 1 aliphatic rings. The Hall–Kier alpha value is -3.59. The monoisotopic (exact) mass is 539 g/mol. The second-order valence-corrected chi connectivity index (χ2v) is 8.15. The van der Waals surface area contributed by atoms with Gasteiger partial charge < -0.3 is 20.7 Å². The molecule has 0 bridgehead atoms. The number of aliphatic carboxylic acids is 2. The summed E-state index contributed by atoms with van der Waals surface area (Å²) >= 11 is 1.19. The summed E-state index contributed by atoms with van der Waals surface area (Å²) in [5, 5.41) is 23.6. The number of carbonyl (C=O) groups is 3. The Balaban J connectivity index is 0.000000623. The number of hydrogen-bond donors (Lipinski definition) is 4. The molecule has 1 aromatic carbocycles. The number of nitrogens with two attached hydrogens (primary N) is 1. The zero-order valence-electron chi connectivity index (χ0n) is 18.6. The number of hydrogen-bond acceptors (Lipinski definition) is 7. The van der Waals surface area contributed by atoms with E-state index in [0.29, 0.717) is 31.6 Å². The Labute approximate surface area is 205 Å². The SMILES string of the molecule is CF.N=C(N)c1ccc(OC(=O)c2ccc(CN3CCC[C@H]3C(=O)O)s2)c(F)c1.O=C(O)C(F)(F)F. The fourth-order valence-corrected chi connectivity index (χ4v) is 3.88. The van der Waals surface area contributed by atoms with Gasteiger partial charge in [0.15, 0.2) is 11.6 Å². The number of amidine groups is 1. The summed E-state index contributed by atoms with van der Waals surface area (Å²) in [5.74, 6) is -5.60. The zero-order valence-corrected chi connectivity index (χ0v) is 19.5. The molecule has 1 aliphatic heterocycles. The number of carboxylic acids is 2. The molecule has 3 rings (SSSR count). The van der Waals surface area contributed by atoms with E-state index >= 15 is 0 Å². The third kappa shape index (κ3) is 8.88. The van der Waals surface area contributed by atoms with Crippen molar-refractivity contribution in [2.24, 2.45) is 5.73 Å². The second kappa shape index (κ2) is 13.5. The molecule has 36 heavy (non-hydrogen) atoms. The predicted octanol–water partition coefficient (Wildman–Crippen LogP) is 3.66. The smallest absolute Gasteiger partial charge is 0.480 e. The fourth-order valence-electron chi connectivity index (χ4n) is 2.97. The van der Waals surface area contributed by atoms with E-state index in [9.17, 15) is 36.6 Å². The third-order valence-electron chi connectivity index (χ3n) is 4.56. The normalized spacial score (nSPS) is 15.1. The number of nitrogens with one attached hydrogen (secondary N) is 1. The molecule has 0 amide bonds. The van der Waals surface area contributed by atoms with Crippen LogP contribution in [0.25, 0.3) is 0 Å². The van der Waals surface area contributed by atoms with Crippen molar-refractivity contribution in [2.45, 2.75) is 31.6 Å². The number of thiophene rings is 1. The number of benzene rings is 1. The van der Waals surface area contributed by atoms with Crippen LogP contribution in [0, 0.1) is 11.2 Å². The molecule has 0 radical (unpaired) electrons. The third-order valence-corrected chi connectivity index (χ3v) is 5.61. The number of nitrogens with zero attached hydrogens (tertiary/aromatic N) is 1. The van der Waals surface area contributed by atoms with E-state index < -0.39 is 35.9 Å². The topological polar surface area (TPSA) is 154 Å². The quantitative estimate of drug-likeness (QED) is 0.143. The minimum Gasteiger partial charge on any atom is -0.480 e. The second-order valence-electron chi connectivity index (χ2n) is 6.98. The number of carboxylic acid groups (broad SMARTS) is 2. The molecule has 5 N–H and O–H groups in total. The molecule has 1 saturated heterocycles. The highest BCUT2D eigenvalue weighted by molar-refractivity contribution is 7.13. The van der Waals surface area contributed by atoms with E-state index in [4.69, 9.17) is 25.8 Å². The van der Waals surface area contributed by atoms with Gasteiger partial charge in [-0.25, -0.2) is 14.0 Å². The predicted molar refractivity (Wildman–Crippen MR) is 118 cm³/mol. The molecular weight excluding hydrogens is 517 g/mol. The first kappa shape index (κ1) is 30.4. The Morgan fingerprint density at radius 2 is 1.81 bits per heavy atom. The molecule has 0 saturated carbocycles. The van der Waals surface area contributed by atoms with Gasteiger partial charge in [0.2, 0.25) is 0 Å². The Morgan fingerprint density at radius 1 is 1.19 bits per heavy atom. The van der Waals surface area contributed by atoms with E-state index in [1.54, 1.807) is 12.1 Å². The molecular formula is C21H22F5N3O6S. The number of carbonyl (C=O) groups excluding carboxylic acids is 1. The molecule has 1 aromatic heterocycles.